The van der Waals surface area contributed by atoms with E-state index >= 15 is 0 Å². The SMILES string of the molecule is CCCOC(=O)C(CCC)=C(CC)CC. The highest BCUT2D eigenvalue weighted by Crippen LogP contribution is 2.18. The van der Waals surface area contributed by atoms with Crippen LogP contribution in [0.2, 0.25) is 0 Å². The van der Waals surface area contributed by atoms with E-state index in [0.29, 0.717) is 6.61 Å². The van der Waals surface area contributed by atoms with Crippen molar-refractivity contribution in [2.45, 2.75) is 59.8 Å². The van der Waals surface area contributed by atoms with Crippen molar-refractivity contribution in [2.24, 2.45) is 0 Å². The van der Waals surface area contributed by atoms with Crippen LogP contribution in [0.4, 0.5) is 0 Å². The minimum atomic E-state index is -0.0996. The Morgan fingerprint density at radius 3 is 2.00 bits per heavy atom. The van der Waals surface area contributed by atoms with Crippen LogP contribution in [0, 0.1) is 0 Å². The van der Waals surface area contributed by atoms with Crippen LogP contribution in [0.1, 0.15) is 59.8 Å². The van der Waals surface area contributed by atoms with Gasteiger partial charge in [-0.05, 0) is 25.7 Å². The molecular formula is C13H24O2. The highest BCUT2D eigenvalue weighted by Gasteiger charge is 2.13. The molecule has 0 radical (unpaired) electrons. The van der Waals surface area contributed by atoms with Crippen LogP contribution in [-0.4, -0.2) is 12.6 Å². The van der Waals surface area contributed by atoms with Gasteiger partial charge in [-0.1, -0.05) is 39.7 Å². The van der Waals surface area contributed by atoms with Gasteiger partial charge in [0.05, 0.1) is 6.61 Å². The third kappa shape index (κ3) is 5.01. The predicted octanol–water partition coefficient (Wildman–Crippen LogP) is 3.86. The van der Waals surface area contributed by atoms with E-state index in [2.05, 4.69) is 20.8 Å². The van der Waals surface area contributed by atoms with E-state index in [1.807, 2.05) is 6.92 Å². The number of carbonyl (C=O) groups excluding carboxylic acids is 1. The molecule has 0 spiro atoms. The van der Waals surface area contributed by atoms with Gasteiger partial charge in [0.15, 0.2) is 0 Å². The summed E-state index contributed by atoms with van der Waals surface area (Å²) in [6.45, 7) is 8.84. The molecule has 0 saturated carbocycles. The molecule has 0 N–H and O–H groups in total. The Labute approximate surface area is 93.7 Å². The molecule has 15 heavy (non-hydrogen) atoms. The molecule has 0 aromatic carbocycles. The first-order chi connectivity index (χ1) is 7.21. The van der Waals surface area contributed by atoms with Crippen molar-refractivity contribution in [2.75, 3.05) is 6.61 Å². The van der Waals surface area contributed by atoms with E-state index < -0.39 is 0 Å². The number of rotatable bonds is 7. The van der Waals surface area contributed by atoms with Crippen LogP contribution >= 0.6 is 0 Å². The minimum Gasteiger partial charge on any atom is -0.462 e. The van der Waals surface area contributed by atoms with Gasteiger partial charge in [0.1, 0.15) is 0 Å². The zero-order valence-corrected chi connectivity index (χ0v) is 10.6. The lowest BCUT2D eigenvalue weighted by Crippen LogP contribution is -2.11. The fourth-order valence-electron chi connectivity index (χ4n) is 1.63. The molecule has 0 aromatic rings. The maximum atomic E-state index is 11.8. The molecule has 0 bridgehead atoms. The summed E-state index contributed by atoms with van der Waals surface area (Å²) >= 11 is 0. The third-order valence-corrected chi connectivity index (χ3v) is 2.46. The summed E-state index contributed by atoms with van der Waals surface area (Å²) in [5, 5.41) is 0. The first kappa shape index (κ1) is 14.2. The maximum absolute atomic E-state index is 11.8. The first-order valence-corrected chi connectivity index (χ1v) is 6.09. The Morgan fingerprint density at radius 2 is 1.60 bits per heavy atom. The van der Waals surface area contributed by atoms with Gasteiger partial charge < -0.3 is 4.74 Å². The molecule has 0 aliphatic heterocycles. The highest BCUT2D eigenvalue weighted by molar-refractivity contribution is 5.89. The minimum absolute atomic E-state index is 0.0996. The summed E-state index contributed by atoms with van der Waals surface area (Å²) in [5.41, 5.74) is 2.16. The number of carbonyl (C=O) groups is 1. The second kappa shape index (κ2) is 8.51. The predicted molar refractivity (Wildman–Crippen MR) is 63.8 cm³/mol. The van der Waals surface area contributed by atoms with Gasteiger partial charge in [-0.15, -0.1) is 0 Å². The van der Waals surface area contributed by atoms with E-state index in [1.54, 1.807) is 0 Å². The average Bonchev–Trinajstić information content (AvgIpc) is 2.26. The largest absolute Gasteiger partial charge is 0.462 e. The van der Waals surface area contributed by atoms with Crippen LogP contribution in [0.25, 0.3) is 0 Å². The maximum Gasteiger partial charge on any atom is 0.333 e. The molecule has 0 atom stereocenters. The summed E-state index contributed by atoms with van der Waals surface area (Å²) in [6, 6.07) is 0. The molecule has 0 fully saturated rings. The van der Waals surface area contributed by atoms with Crippen LogP contribution in [-0.2, 0) is 9.53 Å². The number of hydrogen-bond acceptors (Lipinski definition) is 2. The molecule has 2 heteroatoms. The van der Waals surface area contributed by atoms with Gasteiger partial charge in [0.25, 0.3) is 0 Å². The average molecular weight is 212 g/mol. The summed E-state index contributed by atoms with van der Waals surface area (Å²) in [5.74, 6) is -0.0996. The van der Waals surface area contributed by atoms with Crippen LogP contribution in [0.3, 0.4) is 0 Å². The second-order valence-corrected chi connectivity index (χ2v) is 3.68. The number of ether oxygens (including phenoxy) is 1. The number of esters is 1. The van der Waals surface area contributed by atoms with E-state index in [4.69, 9.17) is 4.74 Å². The molecule has 0 amide bonds. The van der Waals surface area contributed by atoms with Gasteiger partial charge in [-0.2, -0.15) is 0 Å². The normalized spacial score (nSPS) is 9.87. The molecule has 0 aromatic heterocycles. The number of allylic oxidation sites excluding steroid dienone is 1. The molecule has 0 rings (SSSR count). The van der Waals surface area contributed by atoms with Gasteiger partial charge in [0, 0.05) is 5.57 Å². The van der Waals surface area contributed by atoms with Gasteiger partial charge in [-0.3, -0.25) is 0 Å². The molecule has 0 heterocycles. The fraction of sp³-hybridized carbons (Fsp3) is 0.769. The summed E-state index contributed by atoms with van der Waals surface area (Å²) in [4.78, 5) is 11.8. The van der Waals surface area contributed by atoms with Gasteiger partial charge in [0.2, 0.25) is 0 Å². The molecule has 88 valence electrons. The summed E-state index contributed by atoms with van der Waals surface area (Å²) < 4.78 is 5.19. The Morgan fingerprint density at radius 1 is 1.00 bits per heavy atom. The lowest BCUT2D eigenvalue weighted by Gasteiger charge is -2.11. The molecule has 0 aliphatic carbocycles. The molecule has 0 unspecified atom stereocenters. The van der Waals surface area contributed by atoms with E-state index in [9.17, 15) is 4.79 Å². The van der Waals surface area contributed by atoms with Crippen molar-refractivity contribution < 1.29 is 9.53 Å². The summed E-state index contributed by atoms with van der Waals surface area (Å²) in [7, 11) is 0. The van der Waals surface area contributed by atoms with E-state index in [1.165, 1.54) is 5.57 Å². The molecular weight excluding hydrogens is 188 g/mol. The van der Waals surface area contributed by atoms with E-state index in [-0.39, 0.29) is 5.97 Å². The lowest BCUT2D eigenvalue weighted by molar-refractivity contribution is -0.139. The Hall–Kier alpha value is -0.790. The quantitative estimate of drug-likeness (QED) is 0.473. The monoisotopic (exact) mass is 212 g/mol. The first-order valence-electron chi connectivity index (χ1n) is 6.09. The fourth-order valence-corrected chi connectivity index (χ4v) is 1.63. The van der Waals surface area contributed by atoms with Crippen molar-refractivity contribution in [3.05, 3.63) is 11.1 Å². The highest BCUT2D eigenvalue weighted by atomic mass is 16.5. The second-order valence-electron chi connectivity index (χ2n) is 3.68. The van der Waals surface area contributed by atoms with E-state index in [0.717, 1.165) is 37.7 Å². The van der Waals surface area contributed by atoms with Crippen LogP contribution in [0.15, 0.2) is 11.1 Å². The molecule has 0 saturated heterocycles. The summed E-state index contributed by atoms with van der Waals surface area (Å²) in [6.07, 6.45) is 4.64. The van der Waals surface area contributed by atoms with Crippen molar-refractivity contribution in [1.29, 1.82) is 0 Å². The van der Waals surface area contributed by atoms with Crippen molar-refractivity contribution >= 4 is 5.97 Å². The topological polar surface area (TPSA) is 26.3 Å². The Bertz CT molecular complexity index is 211. The van der Waals surface area contributed by atoms with Crippen molar-refractivity contribution in [1.82, 2.24) is 0 Å². The lowest BCUT2D eigenvalue weighted by atomic mass is 9.99. The Balaban J connectivity index is 4.62. The Kier molecular flexibility index (Phi) is 8.06. The van der Waals surface area contributed by atoms with Crippen molar-refractivity contribution in [3.8, 4) is 0 Å². The van der Waals surface area contributed by atoms with Crippen LogP contribution in [0.5, 0.6) is 0 Å². The standard InChI is InChI=1S/C13H24O2/c1-5-9-12(11(7-3)8-4)13(14)15-10-6-2/h5-10H2,1-4H3. The smallest absolute Gasteiger partial charge is 0.333 e. The van der Waals surface area contributed by atoms with Crippen LogP contribution < -0.4 is 0 Å². The molecule has 0 aliphatic rings. The van der Waals surface area contributed by atoms with Gasteiger partial charge in [-0.25, -0.2) is 4.79 Å². The zero-order valence-electron chi connectivity index (χ0n) is 10.6. The zero-order chi connectivity index (χ0) is 11.7. The van der Waals surface area contributed by atoms with Crippen molar-refractivity contribution in [3.63, 3.8) is 0 Å². The third-order valence-electron chi connectivity index (χ3n) is 2.46. The molecule has 2 nitrogen and oxygen atoms in total. The number of hydrogen-bond donors (Lipinski definition) is 0. The van der Waals surface area contributed by atoms with Gasteiger partial charge >= 0.3 is 5.97 Å².